The summed E-state index contributed by atoms with van der Waals surface area (Å²) in [7, 11) is 0. The highest BCUT2D eigenvalue weighted by molar-refractivity contribution is 5.94. The van der Waals surface area contributed by atoms with Gasteiger partial charge in [0.15, 0.2) is 0 Å². The fraction of sp³-hybridized carbons (Fsp3) is 0.588. The zero-order valence-electron chi connectivity index (χ0n) is 12.5. The van der Waals surface area contributed by atoms with Crippen molar-refractivity contribution >= 4 is 5.91 Å². The van der Waals surface area contributed by atoms with Crippen LogP contribution in [0.3, 0.4) is 0 Å². The number of amides is 1. The van der Waals surface area contributed by atoms with Crippen LogP contribution >= 0.6 is 0 Å². The van der Waals surface area contributed by atoms with Gasteiger partial charge in [0.25, 0.3) is 5.91 Å². The van der Waals surface area contributed by atoms with Crippen LogP contribution in [0.15, 0.2) is 30.3 Å². The molecule has 1 aliphatic heterocycles. The van der Waals surface area contributed by atoms with Crippen LogP contribution in [0.5, 0.6) is 0 Å². The number of aliphatic hydroxyl groups excluding tert-OH is 1. The van der Waals surface area contributed by atoms with E-state index in [0.717, 1.165) is 24.8 Å². The van der Waals surface area contributed by atoms with E-state index in [-0.39, 0.29) is 23.5 Å². The first-order valence-electron chi connectivity index (χ1n) is 7.81. The Hall–Kier alpha value is -1.39. The smallest absolute Gasteiger partial charge is 0.253 e. The lowest BCUT2D eigenvalue weighted by atomic mass is 9.58. The maximum atomic E-state index is 12.4. The number of carbonyl (C=O) groups excluding carboxylic acids is 1. The average Bonchev–Trinajstić information content (AvgIpc) is 2.55. The summed E-state index contributed by atoms with van der Waals surface area (Å²) in [5, 5.41) is 10.2. The Morgan fingerprint density at radius 2 is 2.00 bits per heavy atom. The second kappa shape index (κ2) is 5.78. The first-order chi connectivity index (χ1) is 10.2. The van der Waals surface area contributed by atoms with Crippen molar-refractivity contribution in [1.29, 1.82) is 0 Å². The Morgan fingerprint density at radius 3 is 2.57 bits per heavy atom. The summed E-state index contributed by atoms with van der Waals surface area (Å²) in [6, 6.07) is 9.40. The molecule has 2 atom stereocenters. The summed E-state index contributed by atoms with van der Waals surface area (Å²) >= 11 is 0. The minimum atomic E-state index is -0.275. The van der Waals surface area contributed by atoms with Crippen molar-refractivity contribution in [3.63, 3.8) is 0 Å². The molecule has 1 saturated heterocycles. The molecule has 1 spiro atoms. The topological polar surface area (TPSA) is 49.8 Å². The van der Waals surface area contributed by atoms with Gasteiger partial charge in [-0.05, 0) is 31.9 Å². The van der Waals surface area contributed by atoms with E-state index in [4.69, 9.17) is 4.74 Å². The molecule has 1 heterocycles. The number of carbonyl (C=O) groups is 1. The van der Waals surface area contributed by atoms with Gasteiger partial charge in [0, 0.05) is 37.1 Å². The first kappa shape index (κ1) is 14.5. The summed E-state index contributed by atoms with van der Waals surface area (Å²) in [5.41, 5.74) is 0.618. The van der Waals surface area contributed by atoms with E-state index in [2.05, 4.69) is 0 Å². The summed E-state index contributed by atoms with van der Waals surface area (Å²) in [5.74, 6) is 0.0900. The molecule has 2 aliphatic rings. The van der Waals surface area contributed by atoms with E-state index in [0.29, 0.717) is 19.7 Å². The van der Waals surface area contributed by atoms with Gasteiger partial charge in [-0.3, -0.25) is 4.79 Å². The maximum Gasteiger partial charge on any atom is 0.253 e. The normalized spacial score (nSPS) is 27.4. The maximum absolute atomic E-state index is 12.4. The van der Waals surface area contributed by atoms with Crippen molar-refractivity contribution in [3.05, 3.63) is 35.9 Å². The standard InChI is InChI=1S/C17H23NO3/c1-2-21-15-12-14(19)17(15)8-10-18(11-9-17)16(20)13-6-4-3-5-7-13/h3-7,14-15,19H,2,8-12H2,1H3. The number of piperidine rings is 1. The molecule has 1 amide bonds. The third kappa shape index (κ3) is 2.47. The van der Waals surface area contributed by atoms with Crippen molar-refractivity contribution < 1.29 is 14.6 Å². The van der Waals surface area contributed by atoms with Gasteiger partial charge in [-0.15, -0.1) is 0 Å². The Kier molecular flexibility index (Phi) is 4.00. The van der Waals surface area contributed by atoms with Crippen molar-refractivity contribution in [3.8, 4) is 0 Å². The van der Waals surface area contributed by atoms with E-state index < -0.39 is 0 Å². The van der Waals surface area contributed by atoms with Crippen LogP contribution in [0, 0.1) is 5.41 Å². The predicted octanol–water partition coefficient (Wildman–Crippen LogP) is 2.08. The quantitative estimate of drug-likeness (QED) is 0.927. The molecule has 4 nitrogen and oxygen atoms in total. The first-order valence-corrected chi connectivity index (χ1v) is 7.81. The number of aliphatic hydroxyl groups is 1. The summed E-state index contributed by atoms with van der Waals surface area (Å²) < 4.78 is 5.76. The van der Waals surface area contributed by atoms with Crippen molar-refractivity contribution in [2.45, 2.75) is 38.4 Å². The lowest BCUT2D eigenvalue weighted by Gasteiger charge is -2.56. The SMILES string of the molecule is CCOC1CC(O)C12CCN(C(=O)c1ccccc1)CC2. The highest BCUT2D eigenvalue weighted by atomic mass is 16.5. The van der Waals surface area contributed by atoms with Gasteiger partial charge >= 0.3 is 0 Å². The number of likely N-dealkylation sites (tertiary alicyclic amines) is 1. The van der Waals surface area contributed by atoms with Gasteiger partial charge in [-0.2, -0.15) is 0 Å². The third-order valence-corrected chi connectivity index (χ3v) is 5.11. The molecule has 2 unspecified atom stereocenters. The Bertz CT molecular complexity index is 492. The molecule has 0 aromatic heterocycles. The lowest BCUT2D eigenvalue weighted by Crippen LogP contribution is -2.62. The minimum Gasteiger partial charge on any atom is -0.392 e. The molecular weight excluding hydrogens is 266 g/mol. The Labute approximate surface area is 125 Å². The Morgan fingerprint density at radius 1 is 1.33 bits per heavy atom. The molecular formula is C17H23NO3. The van der Waals surface area contributed by atoms with Crippen LogP contribution in [0.2, 0.25) is 0 Å². The molecule has 4 heteroatoms. The van der Waals surface area contributed by atoms with Crippen LogP contribution in [-0.2, 0) is 4.74 Å². The largest absolute Gasteiger partial charge is 0.392 e. The zero-order chi connectivity index (χ0) is 14.9. The molecule has 114 valence electrons. The summed E-state index contributed by atoms with van der Waals surface area (Å²) in [6.45, 7) is 4.08. The molecule has 3 rings (SSSR count). The second-order valence-electron chi connectivity index (χ2n) is 6.09. The van der Waals surface area contributed by atoms with Crippen LogP contribution in [0.4, 0.5) is 0 Å². The lowest BCUT2D eigenvalue weighted by molar-refractivity contribution is -0.207. The van der Waals surface area contributed by atoms with E-state index in [1.165, 1.54) is 0 Å². The zero-order valence-corrected chi connectivity index (χ0v) is 12.5. The molecule has 1 N–H and O–H groups in total. The highest BCUT2D eigenvalue weighted by Gasteiger charge is 2.56. The number of hydrogen-bond acceptors (Lipinski definition) is 3. The monoisotopic (exact) mass is 289 g/mol. The van der Waals surface area contributed by atoms with E-state index in [9.17, 15) is 9.90 Å². The van der Waals surface area contributed by atoms with Crippen LogP contribution in [0.25, 0.3) is 0 Å². The number of benzene rings is 1. The van der Waals surface area contributed by atoms with Crippen molar-refractivity contribution in [2.24, 2.45) is 5.41 Å². The van der Waals surface area contributed by atoms with Gasteiger partial charge < -0.3 is 14.7 Å². The van der Waals surface area contributed by atoms with Gasteiger partial charge in [-0.25, -0.2) is 0 Å². The van der Waals surface area contributed by atoms with Crippen molar-refractivity contribution in [2.75, 3.05) is 19.7 Å². The molecule has 0 bridgehead atoms. The third-order valence-electron chi connectivity index (χ3n) is 5.11. The fourth-order valence-corrected chi connectivity index (χ4v) is 3.71. The molecule has 1 aromatic rings. The summed E-state index contributed by atoms with van der Waals surface area (Å²) in [4.78, 5) is 14.3. The number of rotatable bonds is 3. The van der Waals surface area contributed by atoms with Gasteiger partial charge in [0.05, 0.1) is 12.2 Å². The van der Waals surface area contributed by atoms with Gasteiger partial charge in [-0.1, -0.05) is 18.2 Å². The molecule has 21 heavy (non-hydrogen) atoms. The molecule has 1 aliphatic carbocycles. The predicted molar refractivity (Wildman–Crippen MR) is 80.1 cm³/mol. The summed E-state index contributed by atoms with van der Waals surface area (Å²) in [6.07, 6.45) is 2.28. The fourth-order valence-electron chi connectivity index (χ4n) is 3.71. The minimum absolute atomic E-state index is 0.0900. The van der Waals surface area contributed by atoms with Crippen LogP contribution < -0.4 is 0 Å². The van der Waals surface area contributed by atoms with Crippen molar-refractivity contribution in [1.82, 2.24) is 4.90 Å². The average molecular weight is 289 g/mol. The molecule has 2 fully saturated rings. The van der Waals surface area contributed by atoms with Gasteiger partial charge in [0.2, 0.25) is 0 Å². The highest BCUT2D eigenvalue weighted by Crippen LogP contribution is 2.51. The Balaban J connectivity index is 1.64. The molecule has 1 saturated carbocycles. The van der Waals surface area contributed by atoms with E-state index >= 15 is 0 Å². The molecule has 0 radical (unpaired) electrons. The molecule has 1 aromatic carbocycles. The second-order valence-corrected chi connectivity index (χ2v) is 6.09. The number of ether oxygens (including phenoxy) is 1. The van der Waals surface area contributed by atoms with Gasteiger partial charge in [0.1, 0.15) is 0 Å². The van der Waals surface area contributed by atoms with Crippen LogP contribution in [-0.4, -0.2) is 47.8 Å². The number of hydrogen-bond donors (Lipinski definition) is 1. The number of nitrogens with zero attached hydrogens (tertiary/aromatic N) is 1. The van der Waals surface area contributed by atoms with Crippen LogP contribution in [0.1, 0.15) is 36.5 Å². The van der Waals surface area contributed by atoms with E-state index in [1.54, 1.807) is 0 Å². The van der Waals surface area contributed by atoms with E-state index in [1.807, 2.05) is 42.2 Å².